The lowest BCUT2D eigenvalue weighted by atomic mass is 10.3. The third kappa shape index (κ3) is 3.40. The van der Waals surface area contributed by atoms with Gasteiger partial charge in [0.25, 0.3) is 0 Å². The maximum atomic E-state index is 4.28. The molecule has 0 fully saturated rings. The van der Waals surface area contributed by atoms with Crippen LogP contribution in [0.25, 0.3) is 0 Å². The molecule has 0 amide bonds. The summed E-state index contributed by atoms with van der Waals surface area (Å²) in [6, 6.07) is 0. The molecule has 0 aromatic rings. The molecule has 0 aliphatic carbocycles. The third-order valence-corrected chi connectivity index (χ3v) is 1.82. The molecule has 2 aliphatic rings. The summed E-state index contributed by atoms with van der Waals surface area (Å²) in [6.45, 7) is 3.82. The normalized spacial score (nSPS) is 18.8. The molecule has 0 aromatic carbocycles. The van der Waals surface area contributed by atoms with Crippen LogP contribution in [-0.4, -0.2) is 37.9 Å². The van der Waals surface area contributed by atoms with E-state index < -0.39 is 0 Å². The zero-order valence-electron chi connectivity index (χ0n) is 7.25. The summed E-state index contributed by atoms with van der Waals surface area (Å²) >= 11 is 0. The van der Waals surface area contributed by atoms with Gasteiger partial charge in [0.2, 0.25) is 0 Å². The van der Waals surface area contributed by atoms with Gasteiger partial charge in [-0.1, -0.05) is 0 Å². The van der Waals surface area contributed by atoms with E-state index in [4.69, 9.17) is 0 Å². The summed E-state index contributed by atoms with van der Waals surface area (Å²) in [7, 11) is 0. The number of halogens is 2. The zero-order valence-corrected chi connectivity index (χ0v) is 8.88. The van der Waals surface area contributed by atoms with E-state index in [0.29, 0.717) is 0 Å². The van der Waals surface area contributed by atoms with E-state index in [9.17, 15) is 0 Å². The lowest BCUT2D eigenvalue weighted by Crippen LogP contribution is -2.27. The summed E-state index contributed by atoms with van der Waals surface area (Å²) in [6.07, 6.45) is 0.861. The first-order valence-electron chi connectivity index (χ1n) is 3.99. The fraction of sp³-hybridized carbons (Fsp3) is 0.714. The third-order valence-electron chi connectivity index (χ3n) is 1.82. The summed E-state index contributed by atoms with van der Waals surface area (Å²) in [5.74, 6) is 2.16. The topological polar surface area (TPSA) is 48.8 Å². The van der Waals surface area contributed by atoms with Crippen molar-refractivity contribution in [3.05, 3.63) is 0 Å². The molecule has 4 nitrogen and oxygen atoms in total. The van der Waals surface area contributed by atoms with Crippen LogP contribution in [0.5, 0.6) is 0 Å². The molecule has 2 aliphatic heterocycles. The number of aliphatic imine (C=N–C) groups is 2. The average molecular weight is 225 g/mol. The van der Waals surface area contributed by atoms with Gasteiger partial charge in [-0.2, -0.15) is 0 Å². The van der Waals surface area contributed by atoms with Crippen molar-refractivity contribution in [3.63, 3.8) is 0 Å². The molecule has 0 spiro atoms. The molecule has 0 saturated heterocycles. The van der Waals surface area contributed by atoms with E-state index in [1.54, 1.807) is 0 Å². The molecular formula is C7H14Cl2N4. The van der Waals surface area contributed by atoms with E-state index in [0.717, 1.165) is 44.3 Å². The van der Waals surface area contributed by atoms with Gasteiger partial charge in [-0.3, -0.25) is 9.98 Å². The number of hydrogen-bond donors (Lipinski definition) is 2. The molecule has 6 heteroatoms. The molecule has 0 saturated carbocycles. The first-order valence-corrected chi connectivity index (χ1v) is 3.99. The lowest BCUT2D eigenvalue weighted by Gasteiger charge is -2.01. The molecule has 2 rings (SSSR count). The summed E-state index contributed by atoms with van der Waals surface area (Å²) in [4.78, 5) is 8.57. The molecule has 76 valence electrons. The Hall–Kier alpha value is -0.480. The highest BCUT2D eigenvalue weighted by atomic mass is 35.5. The first kappa shape index (κ1) is 12.5. The Morgan fingerprint density at radius 1 is 0.923 bits per heavy atom. The summed E-state index contributed by atoms with van der Waals surface area (Å²) in [5, 5.41) is 6.43. The van der Waals surface area contributed by atoms with Gasteiger partial charge < -0.3 is 10.6 Å². The van der Waals surface area contributed by atoms with E-state index in [1.807, 2.05) is 0 Å². The van der Waals surface area contributed by atoms with Gasteiger partial charge in [0.15, 0.2) is 0 Å². The minimum absolute atomic E-state index is 0. The predicted octanol–water partition coefficient (Wildman–Crippen LogP) is 0.224. The highest BCUT2D eigenvalue weighted by Crippen LogP contribution is 1.95. The Bertz CT molecular complexity index is 193. The van der Waals surface area contributed by atoms with Crippen molar-refractivity contribution < 1.29 is 0 Å². The van der Waals surface area contributed by atoms with Crippen LogP contribution in [0.4, 0.5) is 0 Å². The van der Waals surface area contributed by atoms with Crippen LogP contribution in [0.1, 0.15) is 6.42 Å². The first-order chi connectivity index (χ1) is 5.45. The molecule has 0 aromatic heterocycles. The van der Waals surface area contributed by atoms with Crippen LogP contribution in [-0.2, 0) is 0 Å². The average Bonchev–Trinajstić information content (AvgIpc) is 2.60. The maximum Gasteiger partial charge on any atom is 0.104 e. The van der Waals surface area contributed by atoms with Gasteiger partial charge in [-0.25, -0.2) is 0 Å². The smallest absolute Gasteiger partial charge is 0.104 e. The monoisotopic (exact) mass is 224 g/mol. The van der Waals surface area contributed by atoms with Crippen molar-refractivity contribution in [1.82, 2.24) is 10.6 Å². The van der Waals surface area contributed by atoms with Gasteiger partial charge in [0, 0.05) is 13.1 Å². The van der Waals surface area contributed by atoms with E-state index in [-0.39, 0.29) is 24.8 Å². The fourth-order valence-corrected chi connectivity index (χ4v) is 1.29. The van der Waals surface area contributed by atoms with Crippen LogP contribution in [0.3, 0.4) is 0 Å². The minimum Gasteiger partial charge on any atom is -0.372 e. The Morgan fingerprint density at radius 3 is 1.69 bits per heavy atom. The van der Waals surface area contributed by atoms with E-state index in [2.05, 4.69) is 20.6 Å². The fourth-order valence-electron chi connectivity index (χ4n) is 1.29. The SMILES string of the molecule is C1CNC(CC2=NCCN2)=N1.Cl.Cl. The Balaban J connectivity index is 0.000000720. The highest BCUT2D eigenvalue weighted by Gasteiger charge is 2.10. The van der Waals surface area contributed by atoms with Gasteiger partial charge in [-0.15, -0.1) is 24.8 Å². The summed E-state index contributed by atoms with van der Waals surface area (Å²) < 4.78 is 0. The van der Waals surface area contributed by atoms with Crippen molar-refractivity contribution in [3.8, 4) is 0 Å². The Kier molecular flexibility index (Phi) is 5.82. The number of rotatable bonds is 2. The highest BCUT2D eigenvalue weighted by molar-refractivity contribution is 6.03. The number of amidine groups is 2. The van der Waals surface area contributed by atoms with Crippen molar-refractivity contribution in [2.75, 3.05) is 26.2 Å². The maximum absolute atomic E-state index is 4.28. The van der Waals surface area contributed by atoms with Crippen LogP contribution in [0, 0.1) is 0 Å². The second-order valence-electron chi connectivity index (χ2n) is 2.69. The largest absolute Gasteiger partial charge is 0.372 e. The van der Waals surface area contributed by atoms with Gasteiger partial charge in [0.1, 0.15) is 11.7 Å². The van der Waals surface area contributed by atoms with Crippen molar-refractivity contribution in [2.24, 2.45) is 9.98 Å². The van der Waals surface area contributed by atoms with Crippen LogP contribution >= 0.6 is 24.8 Å². The molecule has 2 N–H and O–H groups in total. The molecular weight excluding hydrogens is 211 g/mol. The van der Waals surface area contributed by atoms with Gasteiger partial charge in [-0.05, 0) is 0 Å². The lowest BCUT2D eigenvalue weighted by molar-refractivity contribution is 0.947. The quantitative estimate of drug-likeness (QED) is 0.706. The van der Waals surface area contributed by atoms with Gasteiger partial charge in [0.05, 0.1) is 19.5 Å². The molecule has 2 heterocycles. The second-order valence-corrected chi connectivity index (χ2v) is 2.69. The number of nitrogens with one attached hydrogen (secondary N) is 2. The molecule has 0 bridgehead atoms. The van der Waals surface area contributed by atoms with Crippen molar-refractivity contribution >= 4 is 36.5 Å². The molecule has 0 radical (unpaired) electrons. The second kappa shape index (κ2) is 6.05. The van der Waals surface area contributed by atoms with Crippen molar-refractivity contribution in [2.45, 2.75) is 6.42 Å². The van der Waals surface area contributed by atoms with Crippen LogP contribution in [0.2, 0.25) is 0 Å². The van der Waals surface area contributed by atoms with Crippen LogP contribution in [0.15, 0.2) is 9.98 Å². The molecule has 0 atom stereocenters. The molecule has 13 heavy (non-hydrogen) atoms. The Morgan fingerprint density at radius 2 is 1.38 bits per heavy atom. The standard InChI is InChI=1S/C7H12N4.2ClH/c1-2-9-6(8-1)5-7-10-3-4-11-7;;/h1-5H2,(H,8,9)(H,10,11);2*1H. The Labute approximate surface area is 90.1 Å². The van der Waals surface area contributed by atoms with E-state index >= 15 is 0 Å². The zero-order chi connectivity index (χ0) is 7.52. The van der Waals surface area contributed by atoms with Crippen molar-refractivity contribution in [1.29, 1.82) is 0 Å². The summed E-state index contributed by atoms with van der Waals surface area (Å²) in [5.41, 5.74) is 0. The number of hydrogen-bond acceptors (Lipinski definition) is 4. The molecule has 0 unspecified atom stereocenters. The van der Waals surface area contributed by atoms with E-state index in [1.165, 1.54) is 0 Å². The predicted molar refractivity (Wildman–Crippen MR) is 59.7 cm³/mol. The number of nitrogens with zero attached hydrogens (tertiary/aromatic N) is 2. The minimum atomic E-state index is 0. The van der Waals surface area contributed by atoms with Crippen LogP contribution < -0.4 is 10.6 Å². The van der Waals surface area contributed by atoms with Gasteiger partial charge >= 0.3 is 0 Å².